The van der Waals surface area contributed by atoms with E-state index in [1.54, 1.807) is 0 Å². The molecule has 1 atom stereocenters. The molecule has 1 aliphatic heterocycles. The molecule has 3 heteroatoms. The second-order valence-corrected chi connectivity index (χ2v) is 4.08. The van der Waals surface area contributed by atoms with Gasteiger partial charge in [0.05, 0.1) is 12.5 Å². The molecule has 0 aromatic heterocycles. The van der Waals surface area contributed by atoms with Gasteiger partial charge in [-0.15, -0.1) is 0 Å². The summed E-state index contributed by atoms with van der Waals surface area (Å²) < 4.78 is 0. The van der Waals surface area contributed by atoms with E-state index in [4.69, 9.17) is 5.73 Å². The molecule has 3 nitrogen and oxygen atoms in total. The first-order chi connectivity index (χ1) is 7.15. The first-order valence-corrected chi connectivity index (χ1v) is 5.22. The minimum atomic E-state index is -0.0516. The number of hydrogen-bond acceptors (Lipinski definition) is 3. The average molecular weight is 204 g/mol. The Bertz CT molecular complexity index is 412. The highest BCUT2D eigenvalue weighted by atomic mass is 16.1. The van der Waals surface area contributed by atoms with Gasteiger partial charge in [0.1, 0.15) is 0 Å². The molecule has 15 heavy (non-hydrogen) atoms. The highest BCUT2D eigenvalue weighted by Crippen LogP contribution is 2.35. The van der Waals surface area contributed by atoms with Gasteiger partial charge in [0.2, 0.25) is 0 Å². The predicted molar refractivity (Wildman–Crippen MR) is 61.2 cm³/mol. The van der Waals surface area contributed by atoms with Crippen LogP contribution in [0.2, 0.25) is 0 Å². The lowest BCUT2D eigenvalue weighted by molar-refractivity contribution is -0.118. The zero-order valence-electron chi connectivity index (χ0n) is 9.13. The van der Waals surface area contributed by atoms with Crippen LogP contribution in [-0.4, -0.2) is 18.9 Å². The molecule has 1 unspecified atom stereocenters. The van der Waals surface area contributed by atoms with Gasteiger partial charge in [-0.1, -0.05) is 12.1 Å². The molecule has 2 rings (SSSR count). The zero-order chi connectivity index (χ0) is 11.0. The number of fused-ring (bicyclic) bond motifs is 1. The maximum absolute atomic E-state index is 11.6. The molecule has 1 heterocycles. The summed E-state index contributed by atoms with van der Waals surface area (Å²) >= 11 is 0. The topological polar surface area (TPSA) is 55.1 Å². The number of benzene rings is 1. The van der Waals surface area contributed by atoms with E-state index < -0.39 is 0 Å². The van der Waals surface area contributed by atoms with Gasteiger partial charge in [-0.3, -0.25) is 4.79 Å². The largest absolute Gasteiger partial charge is 0.384 e. The molecule has 80 valence electrons. The van der Waals surface area contributed by atoms with Crippen molar-refractivity contribution in [1.82, 2.24) is 0 Å². The highest BCUT2D eigenvalue weighted by Gasteiger charge is 2.28. The van der Waals surface area contributed by atoms with Gasteiger partial charge in [0.25, 0.3) is 0 Å². The van der Waals surface area contributed by atoms with Crippen molar-refractivity contribution in [3.8, 4) is 0 Å². The number of ketones is 1. The van der Waals surface area contributed by atoms with E-state index in [1.165, 1.54) is 11.1 Å². The first-order valence-electron chi connectivity index (χ1n) is 5.22. The van der Waals surface area contributed by atoms with Gasteiger partial charge in [0.15, 0.2) is 5.78 Å². The molecule has 0 spiro atoms. The van der Waals surface area contributed by atoms with E-state index in [0.29, 0.717) is 6.54 Å². The maximum Gasteiger partial charge on any atom is 0.155 e. The Labute approximate surface area is 89.7 Å². The molecular weight excluding hydrogens is 188 g/mol. The molecule has 0 saturated carbocycles. The van der Waals surface area contributed by atoms with Crippen LogP contribution >= 0.6 is 0 Å². The minimum absolute atomic E-state index is 0.0516. The number of nitrogens with one attached hydrogen (secondary N) is 1. The molecule has 1 aromatic rings. The van der Waals surface area contributed by atoms with Crippen molar-refractivity contribution < 1.29 is 4.79 Å². The third-order valence-electron chi connectivity index (χ3n) is 3.22. The number of nitrogens with two attached hydrogens (primary N) is 1. The van der Waals surface area contributed by atoms with Crippen molar-refractivity contribution in [2.45, 2.75) is 19.8 Å². The second kappa shape index (κ2) is 3.66. The van der Waals surface area contributed by atoms with Gasteiger partial charge < -0.3 is 11.1 Å². The number of rotatable bonds is 2. The summed E-state index contributed by atoms with van der Waals surface area (Å²) in [4.78, 5) is 11.6. The monoisotopic (exact) mass is 204 g/mol. The number of hydrogen-bond donors (Lipinski definition) is 2. The average Bonchev–Trinajstić information content (AvgIpc) is 2.66. The SMILES string of the molecule is Cc1ccc2c(c1C)NCC2C(=O)CN. The van der Waals surface area contributed by atoms with Crippen molar-refractivity contribution in [2.75, 3.05) is 18.4 Å². The third-order valence-corrected chi connectivity index (χ3v) is 3.22. The van der Waals surface area contributed by atoms with Crippen molar-refractivity contribution in [3.63, 3.8) is 0 Å². The number of Topliss-reactive ketones (excluding diaryl/α,β-unsaturated/α-hetero) is 1. The van der Waals surface area contributed by atoms with Gasteiger partial charge in [-0.2, -0.15) is 0 Å². The van der Waals surface area contributed by atoms with Crippen LogP contribution in [-0.2, 0) is 4.79 Å². The Morgan fingerprint density at radius 3 is 2.93 bits per heavy atom. The lowest BCUT2D eigenvalue weighted by atomic mass is 9.94. The van der Waals surface area contributed by atoms with Crippen molar-refractivity contribution >= 4 is 11.5 Å². The zero-order valence-corrected chi connectivity index (χ0v) is 9.13. The first kappa shape index (κ1) is 10.2. The van der Waals surface area contributed by atoms with Crippen LogP contribution < -0.4 is 11.1 Å². The summed E-state index contributed by atoms with van der Waals surface area (Å²) in [7, 11) is 0. The Morgan fingerprint density at radius 1 is 1.53 bits per heavy atom. The Balaban J connectivity index is 2.44. The van der Waals surface area contributed by atoms with E-state index in [-0.39, 0.29) is 18.2 Å². The summed E-state index contributed by atoms with van der Waals surface area (Å²) in [5.74, 6) is 0.0637. The van der Waals surface area contributed by atoms with Crippen LogP contribution in [0.4, 0.5) is 5.69 Å². The normalized spacial score (nSPS) is 18.5. The van der Waals surface area contributed by atoms with E-state index >= 15 is 0 Å². The van der Waals surface area contributed by atoms with E-state index in [0.717, 1.165) is 11.3 Å². The second-order valence-electron chi connectivity index (χ2n) is 4.08. The molecule has 0 fully saturated rings. The van der Waals surface area contributed by atoms with E-state index in [1.807, 2.05) is 6.07 Å². The molecule has 0 amide bonds. The smallest absolute Gasteiger partial charge is 0.155 e. The van der Waals surface area contributed by atoms with Crippen LogP contribution in [0.3, 0.4) is 0 Å². The summed E-state index contributed by atoms with van der Waals surface area (Å²) in [5, 5.41) is 3.30. The van der Waals surface area contributed by atoms with Gasteiger partial charge in [0, 0.05) is 12.2 Å². The fourth-order valence-electron chi connectivity index (χ4n) is 2.11. The highest BCUT2D eigenvalue weighted by molar-refractivity contribution is 5.91. The number of carbonyl (C=O) groups excluding carboxylic acids is 1. The lowest BCUT2D eigenvalue weighted by Gasteiger charge is -2.09. The Kier molecular flexibility index (Phi) is 2.49. The minimum Gasteiger partial charge on any atom is -0.384 e. The number of aryl methyl sites for hydroxylation is 1. The fraction of sp³-hybridized carbons (Fsp3) is 0.417. The molecule has 0 bridgehead atoms. The molecule has 1 aromatic carbocycles. The Morgan fingerprint density at radius 2 is 2.27 bits per heavy atom. The molecule has 0 radical (unpaired) electrons. The number of carbonyl (C=O) groups is 1. The van der Waals surface area contributed by atoms with Crippen LogP contribution in [0.25, 0.3) is 0 Å². The Hall–Kier alpha value is -1.35. The van der Waals surface area contributed by atoms with Crippen molar-refractivity contribution in [1.29, 1.82) is 0 Å². The maximum atomic E-state index is 11.6. The fourth-order valence-corrected chi connectivity index (χ4v) is 2.11. The quantitative estimate of drug-likeness (QED) is 0.764. The van der Waals surface area contributed by atoms with Crippen molar-refractivity contribution in [2.24, 2.45) is 5.73 Å². The van der Waals surface area contributed by atoms with Gasteiger partial charge in [-0.05, 0) is 30.5 Å². The molecule has 0 aliphatic carbocycles. The van der Waals surface area contributed by atoms with Crippen LogP contribution in [0, 0.1) is 13.8 Å². The predicted octanol–water partition coefficient (Wildman–Crippen LogP) is 1.34. The van der Waals surface area contributed by atoms with Crippen LogP contribution in [0.15, 0.2) is 12.1 Å². The van der Waals surface area contributed by atoms with E-state index in [2.05, 4.69) is 25.2 Å². The summed E-state index contributed by atoms with van der Waals surface area (Å²) in [6.45, 7) is 4.97. The molecule has 1 aliphatic rings. The summed E-state index contributed by atoms with van der Waals surface area (Å²) in [6.07, 6.45) is 0. The van der Waals surface area contributed by atoms with Gasteiger partial charge in [-0.25, -0.2) is 0 Å². The standard InChI is InChI=1S/C12H16N2O/c1-7-3-4-9-10(11(15)5-13)6-14-12(9)8(7)2/h3-4,10,14H,5-6,13H2,1-2H3. The molecule has 0 saturated heterocycles. The van der Waals surface area contributed by atoms with Crippen LogP contribution in [0.1, 0.15) is 22.6 Å². The number of anilines is 1. The molecular formula is C12H16N2O. The summed E-state index contributed by atoms with van der Waals surface area (Å²) in [5.41, 5.74) is 10.1. The summed E-state index contributed by atoms with van der Waals surface area (Å²) in [6, 6.07) is 4.11. The van der Waals surface area contributed by atoms with Gasteiger partial charge >= 0.3 is 0 Å². The lowest BCUT2D eigenvalue weighted by Crippen LogP contribution is -2.22. The molecule has 3 N–H and O–H groups in total. The van der Waals surface area contributed by atoms with E-state index in [9.17, 15) is 4.79 Å². The van der Waals surface area contributed by atoms with Crippen molar-refractivity contribution in [3.05, 3.63) is 28.8 Å². The van der Waals surface area contributed by atoms with Crippen LogP contribution in [0.5, 0.6) is 0 Å². The third kappa shape index (κ3) is 1.53.